The van der Waals surface area contributed by atoms with Crippen LogP contribution in [0.25, 0.3) is 43.8 Å². The van der Waals surface area contributed by atoms with Crippen LogP contribution in [0, 0.1) is 6.92 Å². The standard InChI is InChI=1S/C23H16O/c1-15-6-8-16(9-7-15)18-11-13-22-21(14-18)20-12-10-17-4-2-3-5-19(17)23(20)24-22/h2-14H,1H3. The molecule has 0 radical (unpaired) electrons. The van der Waals surface area contributed by atoms with E-state index in [0.717, 1.165) is 11.2 Å². The highest BCUT2D eigenvalue weighted by Crippen LogP contribution is 2.36. The number of aryl methyl sites for hydroxylation is 1. The highest BCUT2D eigenvalue weighted by atomic mass is 16.3. The molecule has 0 aliphatic carbocycles. The topological polar surface area (TPSA) is 13.1 Å². The summed E-state index contributed by atoms with van der Waals surface area (Å²) in [7, 11) is 0. The van der Waals surface area contributed by atoms with Crippen molar-refractivity contribution in [1.29, 1.82) is 0 Å². The van der Waals surface area contributed by atoms with Gasteiger partial charge < -0.3 is 4.42 Å². The first-order chi connectivity index (χ1) is 11.8. The van der Waals surface area contributed by atoms with Gasteiger partial charge in [0.05, 0.1) is 0 Å². The maximum atomic E-state index is 6.18. The fourth-order valence-electron chi connectivity index (χ4n) is 3.43. The van der Waals surface area contributed by atoms with Crippen molar-refractivity contribution < 1.29 is 4.42 Å². The number of rotatable bonds is 1. The average Bonchev–Trinajstić information content (AvgIpc) is 3.01. The second-order valence-corrected chi connectivity index (χ2v) is 6.34. The zero-order valence-electron chi connectivity index (χ0n) is 13.4. The van der Waals surface area contributed by atoms with Gasteiger partial charge in [0, 0.05) is 16.2 Å². The van der Waals surface area contributed by atoms with Gasteiger partial charge in [-0.15, -0.1) is 0 Å². The summed E-state index contributed by atoms with van der Waals surface area (Å²) in [6.45, 7) is 2.11. The van der Waals surface area contributed by atoms with E-state index >= 15 is 0 Å². The largest absolute Gasteiger partial charge is 0.455 e. The Morgan fingerprint density at radius 2 is 1.42 bits per heavy atom. The predicted molar refractivity (Wildman–Crippen MR) is 101 cm³/mol. The maximum Gasteiger partial charge on any atom is 0.143 e. The average molecular weight is 308 g/mol. The Hall–Kier alpha value is -3.06. The van der Waals surface area contributed by atoms with E-state index in [0.29, 0.717) is 0 Å². The smallest absolute Gasteiger partial charge is 0.143 e. The Bertz CT molecular complexity index is 1190. The molecular formula is C23H16O. The van der Waals surface area contributed by atoms with E-state index in [4.69, 9.17) is 4.42 Å². The second kappa shape index (κ2) is 4.97. The van der Waals surface area contributed by atoms with E-state index < -0.39 is 0 Å². The van der Waals surface area contributed by atoms with Crippen molar-refractivity contribution in [3.8, 4) is 11.1 Å². The lowest BCUT2D eigenvalue weighted by Gasteiger charge is -2.02. The Balaban J connectivity index is 1.81. The van der Waals surface area contributed by atoms with Gasteiger partial charge in [-0.3, -0.25) is 0 Å². The molecule has 0 aliphatic heterocycles. The van der Waals surface area contributed by atoms with Gasteiger partial charge in [0.1, 0.15) is 11.2 Å². The van der Waals surface area contributed by atoms with Gasteiger partial charge in [0.15, 0.2) is 0 Å². The molecule has 1 heterocycles. The molecule has 4 aromatic carbocycles. The zero-order chi connectivity index (χ0) is 16.1. The van der Waals surface area contributed by atoms with Crippen molar-refractivity contribution in [2.75, 3.05) is 0 Å². The summed E-state index contributed by atoms with van der Waals surface area (Å²) in [6.07, 6.45) is 0. The van der Waals surface area contributed by atoms with Crippen molar-refractivity contribution in [2.24, 2.45) is 0 Å². The number of hydrogen-bond acceptors (Lipinski definition) is 1. The van der Waals surface area contributed by atoms with Crippen LogP contribution in [0.15, 0.2) is 83.3 Å². The monoisotopic (exact) mass is 308 g/mol. The van der Waals surface area contributed by atoms with Gasteiger partial charge in [-0.2, -0.15) is 0 Å². The van der Waals surface area contributed by atoms with Crippen LogP contribution in [0.2, 0.25) is 0 Å². The van der Waals surface area contributed by atoms with Crippen LogP contribution in [-0.4, -0.2) is 0 Å². The van der Waals surface area contributed by atoms with Crippen molar-refractivity contribution in [2.45, 2.75) is 6.92 Å². The van der Waals surface area contributed by atoms with Gasteiger partial charge in [-0.05, 0) is 41.6 Å². The molecule has 5 rings (SSSR count). The third kappa shape index (κ3) is 1.95. The molecule has 5 aromatic rings. The Morgan fingerprint density at radius 3 is 2.29 bits per heavy atom. The Morgan fingerprint density at radius 1 is 0.625 bits per heavy atom. The molecule has 0 unspecified atom stereocenters. The first-order valence-corrected chi connectivity index (χ1v) is 8.21. The summed E-state index contributed by atoms with van der Waals surface area (Å²) < 4.78 is 6.18. The van der Waals surface area contributed by atoms with Crippen LogP contribution < -0.4 is 0 Å². The summed E-state index contributed by atoms with van der Waals surface area (Å²) in [6, 6.07) is 27.8. The maximum absolute atomic E-state index is 6.18. The molecular weight excluding hydrogens is 292 g/mol. The molecule has 0 aliphatic rings. The molecule has 0 N–H and O–H groups in total. The van der Waals surface area contributed by atoms with Gasteiger partial charge in [-0.25, -0.2) is 0 Å². The van der Waals surface area contributed by atoms with E-state index in [2.05, 4.69) is 85.8 Å². The minimum atomic E-state index is 0.942. The van der Waals surface area contributed by atoms with Gasteiger partial charge >= 0.3 is 0 Å². The molecule has 1 nitrogen and oxygen atoms in total. The molecule has 0 saturated heterocycles. The lowest BCUT2D eigenvalue weighted by Crippen LogP contribution is -1.78. The van der Waals surface area contributed by atoms with Crippen LogP contribution in [0.3, 0.4) is 0 Å². The molecule has 24 heavy (non-hydrogen) atoms. The molecule has 0 atom stereocenters. The Kier molecular flexibility index (Phi) is 2.77. The molecule has 0 bridgehead atoms. The second-order valence-electron chi connectivity index (χ2n) is 6.34. The lowest BCUT2D eigenvalue weighted by molar-refractivity contribution is 0.672. The van der Waals surface area contributed by atoms with Gasteiger partial charge in [-0.1, -0.05) is 66.2 Å². The zero-order valence-corrected chi connectivity index (χ0v) is 13.4. The molecule has 114 valence electrons. The molecule has 0 fully saturated rings. The van der Waals surface area contributed by atoms with Gasteiger partial charge in [0.25, 0.3) is 0 Å². The number of fused-ring (bicyclic) bond motifs is 5. The molecule has 1 aromatic heterocycles. The van der Waals surface area contributed by atoms with E-state index in [1.54, 1.807) is 0 Å². The number of hydrogen-bond donors (Lipinski definition) is 0. The van der Waals surface area contributed by atoms with Crippen LogP contribution in [0.4, 0.5) is 0 Å². The quantitative estimate of drug-likeness (QED) is 0.335. The summed E-state index contributed by atoms with van der Waals surface area (Å²) in [5.74, 6) is 0. The molecule has 0 saturated carbocycles. The molecule has 0 spiro atoms. The fraction of sp³-hybridized carbons (Fsp3) is 0.0435. The lowest BCUT2D eigenvalue weighted by atomic mass is 10.0. The van der Waals surface area contributed by atoms with E-state index in [1.165, 1.54) is 38.2 Å². The first kappa shape index (κ1) is 13.4. The summed E-state index contributed by atoms with van der Waals surface area (Å²) in [4.78, 5) is 0. The predicted octanol–water partition coefficient (Wildman–Crippen LogP) is 6.71. The van der Waals surface area contributed by atoms with Crippen LogP contribution in [0.1, 0.15) is 5.56 Å². The van der Waals surface area contributed by atoms with Crippen LogP contribution >= 0.6 is 0 Å². The third-order valence-electron chi connectivity index (χ3n) is 4.75. The normalized spacial score (nSPS) is 11.5. The molecule has 0 amide bonds. The van der Waals surface area contributed by atoms with Crippen molar-refractivity contribution in [3.05, 3.63) is 84.4 Å². The first-order valence-electron chi connectivity index (χ1n) is 8.21. The molecule has 1 heteroatoms. The Labute approximate surface area is 140 Å². The van der Waals surface area contributed by atoms with E-state index in [9.17, 15) is 0 Å². The fourth-order valence-corrected chi connectivity index (χ4v) is 3.43. The van der Waals surface area contributed by atoms with E-state index in [-0.39, 0.29) is 0 Å². The van der Waals surface area contributed by atoms with Crippen LogP contribution in [0.5, 0.6) is 0 Å². The summed E-state index contributed by atoms with van der Waals surface area (Å²) >= 11 is 0. The third-order valence-corrected chi connectivity index (χ3v) is 4.75. The summed E-state index contributed by atoms with van der Waals surface area (Å²) in [5.41, 5.74) is 5.65. The number of furan rings is 1. The van der Waals surface area contributed by atoms with Crippen LogP contribution in [-0.2, 0) is 0 Å². The summed E-state index contributed by atoms with van der Waals surface area (Å²) in [5, 5.41) is 4.73. The van der Waals surface area contributed by atoms with Crippen molar-refractivity contribution in [3.63, 3.8) is 0 Å². The minimum absolute atomic E-state index is 0.942. The SMILES string of the molecule is Cc1ccc(-c2ccc3oc4c5ccccc5ccc4c3c2)cc1. The number of benzene rings is 4. The van der Waals surface area contributed by atoms with Crippen molar-refractivity contribution in [1.82, 2.24) is 0 Å². The van der Waals surface area contributed by atoms with Crippen molar-refractivity contribution >= 4 is 32.7 Å². The minimum Gasteiger partial charge on any atom is -0.455 e. The highest BCUT2D eigenvalue weighted by molar-refractivity contribution is 6.15. The highest BCUT2D eigenvalue weighted by Gasteiger charge is 2.11. The van der Waals surface area contributed by atoms with Gasteiger partial charge in [0.2, 0.25) is 0 Å². The van der Waals surface area contributed by atoms with E-state index in [1.807, 2.05) is 0 Å².